The molecule has 0 fully saturated rings. The molecule has 1 aliphatic rings. The average Bonchev–Trinajstić information content (AvgIpc) is 2.59. The van der Waals surface area contributed by atoms with Gasteiger partial charge in [-0.05, 0) is 30.2 Å². The largest absolute Gasteiger partial charge is 0.490 e. The summed E-state index contributed by atoms with van der Waals surface area (Å²) in [5, 5.41) is 0. The highest BCUT2D eigenvalue weighted by molar-refractivity contribution is 5.93. The lowest BCUT2D eigenvalue weighted by molar-refractivity contribution is 0.1000. The van der Waals surface area contributed by atoms with Gasteiger partial charge in [-0.3, -0.25) is 4.79 Å². The van der Waals surface area contributed by atoms with Crippen molar-refractivity contribution in [3.05, 3.63) is 29.3 Å². The van der Waals surface area contributed by atoms with Crippen molar-refractivity contribution < 1.29 is 9.53 Å². The third kappa shape index (κ3) is 1.96. The van der Waals surface area contributed by atoms with Crippen LogP contribution in [-0.4, -0.2) is 12.0 Å². The second-order valence-electron chi connectivity index (χ2n) is 3.92. The maximum absolute atomic E-state index is 11.0. The second-order valence-corrected chi connectivity index (χ2v) is 3.92. The molecule has 1 aliphatic heterocycles. The van der Waals surface area contributed by atoms with Gasteiger partial charge in [0, 0.05) is 12.0 Å². The van der Waals surface area contributed by atoms with Crippen LogP contribution in [0.4, 0.5) is 0 Å². The summed E-state index contributed by atoms with van der Waals surface area (Å²) in [7, 11) is 0. The van der Waals surface area contributed by atoms with Gasteiger partial charge in [0.25, 0.3) is 0 Å². The number of ether oxygens (including phenoxy) is 1. The lowest BCUT2D eigenvalue weighted by atomic mass is 10.0. The Morgan fingerprint density at radius 1 is 1.60 bits per heavy atom. The summed E-state index contributed by atoms with van der Waals surface area (Å²) in [6, 6.07) is 5.40. The van der Waals surface area contributed by atoms with Crippen LogP contribution in [0.15, 0.2) is 18.2 Å². The van der Waals surface area contributed by atoms with Crippen LogP contribution in [0.25, 0.3) is 0 Å². The van der Waals surface area contributed by atoms with E-state index in [-0.39, 0.29) is 12.0 Å². The normalized spacial score (nSPS) is 18.3. The van der Waals surface area contributed by atoms with Crippen LogP contribution in [0.1, 0.15) is 35.7 Å². The molecule has 3 nitrogen and oxygen atoms in total. The first-order chi connectivity index (χ1) is 7.20. The summed E-state index contributed by atoms with van der Waals surface area (Å²) in [6.45, 7) is 2.14. The molecule has 0 spiro atoms. The average molecular weight is 205 g/mol. The van der Waals surface area contributed by atoms with Gasteiger partial charge in [0.05, 0.1) is 0 Å². The topological polar surface area (TPSA) is 52.3 Å². The molecule has 0 saturated heterocycles. The van der Waals surface area contributed by atoms with Crippen LogP contribution in [-0.2, 0) is 6.42 Å². The highest BCUT2D eigenvalue weighted by Crippen LogP contribution is 2.31. The molecule has 15 heavy (non-hydrogen) atoms. The minimum atomic E-state index is -0.378. The van der Waals surface area contributed by atoms with Crippen LogP contribution in [0, 0.1) is 0 Å². The van der Waals surface area contributed by atoms with Gasteiger partial charge in [0.1, 0.15) is 11.9 Å². The number of carbonyl (C=O) groups excluding carboxylic acids is 1. The highest BCUT2D eigenvalue weighted by atomic mass is 16.5. The Morgan fingerprint density at radius 2 is 2.40 bits per heavy atom. The highest BCUT2D eigenvalue weighted by Gasteiger charge is 2.22. The Morgan fingerprint density at radius 3 is 3.07 bits per heavy atom. The standard InChI is InChI=1S/C12H15NO2/c1-2-3-10-7-9-6-8(12(13)14)4-5-11(9)15-10/h4-6,10H,2-3,7H2,1H3,(H2,13,14). The van der Waals surface area contributed by atoms with Gasteiger partial charge in [0.2, 0.25) is 5.91 Å². The number of fused-ring (bicyclic) bond motifs is 1. The Hall–Kier alpha value is -1.51. The van der Waals surface area contributed by atoms with Gasteiger partial charge in [-0.15, -0.1) is 0 Å². The number of hydrogen-bond donors (Lipinski definition) is 1. The van der Waals surface area contributed by atoms with Gasteiger partial charge in [0.15, 0.2) is 0 Å². The van der Waals surface area contributed by atoms with Crippen LogP contribution in [0.2, 0.25) is 0 Å². The number of nitrogens with two attached hydrogens (primary N) is 1. The lowest BCUT2D eigenvalue weighted by Crippen LogP contribution is -2.11. The van der Waals surface area contributed by atoms with E-state index in [1.807, 2.05) is 12.1 Å². The predicted octanol–water partition coefficient (Wildman–Crippen LogP) is 1.89. The summed E-state index contributed by atoms with van der Waals surface area (Å²) >= 11 is 0. The van der Waals surface area contributed by atoms with E-state index in [2.05, 4.69) is 6.92 Å². The molecule has 1 atom stereocenters. The summed E-state index contributed by atoms with van der Waals surface area (Å²) in [5.74, 6) is 0.523. The minimum Gasteiger partial charge on any atom is -0.490 e. The molecule has 0 aromatic heterocycles. The molecule has 1 unspecified atom stereocenters. The van der Waals surface area contributed by atoms with Crippen LogP contribution in [0.5, 0.6) is 5.75 Å². The summed E-state index contributed by atoms with van der Waals surface area (Å²) < 4.78 is 5.73. The van der Waals surface area contributed by atoms with Crippen molar-refractivity contribution in [3.63, 3.8) is 0 Å². The number of benzene rings is 1. The molecule has 0 aliphatic carbocycles. The molecule has 0 bridgehead atoms. The van der Waals surface area contributed by atoms with Crippen LogP contribution in [0.3, 0.4) is 0 Å². The molecule has 0 radical (unpaired) electrons. The van der Waals surface area contributed by atoms with Crippen molar-refractivity contribution in [2.75, 3.05) is 0 Å². The molecule has 1 aromatic carbocycles. The fourth-order valence-corrected chi connectivity index (χ4v) is 1.96. The van der Waals surface area contributed by atoms with E-state index >= 15 is 0 Å². The Kier molecular flexibility index (Phi) is 2.62. The zero-order valence-corrected chi connectivity index (χ0v) is 8.82. The van der Waals surface area contributed by atoms with Crippen molar-refractivity contribution in [1.29, 1.82) is 0 Å². The Bertz CT molecular complexity index is 387. The lowest BCUT2D eigenvalue weighted by Gasteiger charge is -2.07. The van der Waals surface area contributed by atoms with E-state index in [1.54, 1.807) is 6.07 Å². The molecular weight excluding hydrogens is 190 g/mol. The van der Waals surface area contributed by atoms with E-state index in [1.165, 1.54) is 0 Å². The number of amides is 1. The molecule has 2 N–H and O–H groups in total. The molecular formula is C12H15NO2. The van der Waals surface area contributed by atoms with Crippen molar-refractivity contribution in [1.82, 2.24) is 0 Å². The van der Waals surface area contributed by atoms with Gasteiger partial charge < -0.3 is 10.5 Å². The number of primary amides is 1. The fraction of sp³-hybridized carbons (Fsp3) is 0.417. The first-order valence-electron chi connectivity index (χ1n) is 5.30. The molecule has 80 valence electrons. The van der Waals surface area contributed by atoms with Crippen molar-refractivity contribution in [2.45, 2.75) is 32.3 Å². The van der Waals surface area contributed by atoms with E-state index in [9.17, 15) is 4.79 Å². The SMILES string of the molecule is CCCC1Cc2cc(C(N)=O)ccc2O1. The van der Waals surface area contributed by atoms with E-state index in [0.29, 0.717) is 5.56 Å². The van der Waals surface area contributed by atoms with Gasteiger partial charge in [-0.25, -0.2) is 0 Å². The maximum Gasteiger partial charge on any atom is 0.248 e. The Balaban J connectivity index is 2.20. The molecule has 1 amide bonds. The van der Waals surface area contributed by atoms with Gasteiger partial charge >= 0.3 is 0 Å². The van der Waals surface area contributed by atoms with Crippen molar-refractivity contribution in [2.24, 2.45) is 5.73 Å². The van der Waals surface area contributed by atoms with E-state index in [0.717, 1.165) is 30.6 Å². The van der Waals surface area contributed by atoms with Gasteiger partial charge in [-0.2, -0.15) is 0 Å². The van der Waals surface area contributed by atoms with Crippen LogP contribution < -0.4 is 10.5 Å². The molecule has 3 heteroatoms. The summed E-state index contributed by atoms with van der Waals surface area (Å²) in [6.07, 6.45) is 3.33. The third-order valence-corrected chi connectivity index (χ3v) is 2.70. The monoisotopic (exact) mass is 205 g/mol. The fourth-order valence-electron chi connectivity index (χ4n) is 1.96. The maximum atomic E-state index is 11.0. The first kappa shape index (κ1) is 10.0. The predicted molar refractivity (Wildman–Crippen MR) is 58.0 cm³/mol. The molecule has 1 aromatic rings. The van der Waals surface area contributed by atoms with Crippen LogP contribution >= 0.6 is 0 Å². The zero-order valence-electron chi connectivity index (χ0n) is 8.82. The number of carbonyl (C=O) groups is 1. The van der Waals surface area contributed by atoms with Crippen molar-refractivity contribution >= 4 is 5.91 Å². The molecule has 2 rings (SSSR count). The first-order valence-corrected chi connectivity index (χ1v) is 5.30. The van der Waals surface area contributed by atoms with Crippen molar-refractivity contribution in [3.8, 4) is 5.75 Å². The van der Waals surface area contributed by atoms with Gasteiger partial charge in [-0.1, -0.05) is 13.3 Å². The smallest absolute Gasteiger partial charge is 0.248 e. The summed E-state index contributed by atoms with van der Waals surface area (Å²) in [5.41, 5.74) is 6.89. The molecule has 0 saturated carbocycles. The number of hydrogen-bond acceptors (Lipinski definition) is 2. The third-order valence-electron chi connectivity index (χ3n) is 2.70. The number of rotatable bonds is 3. The van der Waals surface area contributed by atoms with E-state index < -0.39 is 0 Å². The zero-order chi connectivity index (χ0) is 10.8. The second kappa shape index (κ2) is 3.93. The molecule has 1 heterocycles. The minimum absolute atomic E-state index is 0.271. The van der Waals surface area contributed by atoms with E-state index in [4.69, 9.17) is 10.5 Å². The quantitative estimate of drug-likeness (QED) is 0.819. The Labute approximate surface area is 89.2 Å². The summed E-state index contributed by atoms with van der Waals surface area (Å²) in [4.78, 5) is 11.0.